The van der Waals surface area contributed by atoms with E-state index in [1.54, 1.807) is 17.0 Å². The molecular formula is C35H38Cl2FN5O3S. The van der Waals surface area contributed by atoms with Gasteiger partial charge in [-0.2, -0.15) is 0 Å². The van der Waals surface area contributed by atoms with Gasteiger partial charge in [0.15, 0.2) is 0 Å². The Morgan fingerprint density at radius 2 is 1.70 bits per heavy atom. The van der Waals surface area contributed by atoms with Crippen LogP contribution in [0.25, 0.3) is 11.0 Å². The Hall–Kier alpha value is -3.02. The van der Waals surface area contributed by atoms with Crippen molar-refractivity contribution in [1.29, 1.82) is 0 Å². The SMILES string of the molecule is Cc1nc2ccccc2n1C1C[C@H]2CC[C@@H](C1)N2CCC1(c2cccc(F)c2)CCN(C(=O)c2c(Cl)ccc(S(N)(=O)=O)c2Cl)CC1. The summed E-state index contributed by atoms with van der Waals surface area (Å²) in [6.07, 6.45) is 6.57. The van der Waals surface area contributed by atoms with E-state index in [1.165, 1.54) is 36.6 Å². The number of fused-ring (bicyclic) bond motifs is 3. The average molecular weight is 699 g/mol. The number of imidazole rings is 1. The molecule has 3 aliphatic heterocycles. The number of nitrogens with two attached hydrogens (primary N) is 1. The molecule has 3 saturated heterocycles. The summed E-state index contributed by atoms with van der Waals surface area (Å²) in [4.78, 5) is 22.5. The molecule has 3 fully saturated rings. The van der Waals surface area contributed by atoms with Gasteiger partial charge in [-0.05, 0) is 106 Å². The molecule has 4 heterocycles. The number of carbonyl (C=O) groups excluding carboxylic acids is 1. The smallest absolute Gasteiger partial charge is 0.256 e. The first-order valence-electron chi connectivity index (χ1n) is 16.2. The molecule has 248 valence electrons. The van der Waals surface area contributed by atoms with E-state index in [9.17, 15) is 17.6 Å². The van der Waals surface area contributed by atoms with Gasteiger partial charge >= 0.3 is 0 Å². The van der Waals surface area contributed by atoms with Gasteiger partial charge in [0, 0.05) is 31.2 Å². The third-order valence-corrected chi connectivity index (χ3v) is 12.6. The molecule has 1 amide bonds. The highest BCUT2D eigenvalue weighted by molar-refractivity contribution is 7.89. The van der Waals surface area contributed by atoms with E-state index in [2.05, 4.69) is 34.6 Å². The van der Waals surface area contributed by atoms with Crippen molar-refractivity contribution in [3.05, 3.63) is 93.5 Å². The average Bonchev–Trinajstić information content (AvgIpc) is 3.49. The zero-order valence-corrected chi connectivity index (χ0v) is 28.5. The minimum Gasteiger partial charge on any atom is -0.338 e. The Morgan fingerprint density at radius 1 is 1.00 bits per heavy atom. The molecule has 0 spiro atoms. The van der Waals surface area contributed by atoms with Crippen molar-refractivity contribution in [1.82, 2.24) is 19.4 Å². The van der Waals surface area contributed by atoms with Crippen LogP contribution in [0.1, 0.15) is 72.7 Å². The highest BCUT2D eigenvalue weighted by Gasteiger charge is 2.44. The van der Waals surface area contributed by atoms with Crippen molar-refractivity contribution in [2.75, 3.05) is 19.6 Å². The molecule has 2 bridgehead atoms. The normalized spacial score (nSPS) is 23.0. The molecule has 0 saturated carbocycles. The summed E-state index contributed by atoms with van der Waals surface area (Å²) in [6.45, 7) is 3.78. The van der Waals surface area contributed by atoms with E-state index in [0.717, 1.165) is 42.7 Å². The van der Waals surface area contributed by atoms with E-state index >= 15 is 0 Å². The highest BCUT2D eigenvalue weighted by atomic mass is 35.5. The third-order valence-electron chi connectivity index (χ3n) is 10.9. The van der Waals surface area contributed by atoms with Gasteiger partial charge in [0.25, 0.3) is 5.91 Å². The number of primary sulfonamides is 1. The van der Waals surface area contributed by atoms with E-state index in [-0.39, 0.29) is 31.7 Å². The van der Waals surface area contributed by atoms with Crippen molar-refractivity contribution in [2.45, 2.75) is 80.3 Å². The monoisotopic (exact) mass is 697 g/mol. The molecule has 47 heavy (non-hydrogen) atoms. The molecule has 2 N–H and O–H groups in total. The Balaban J connectivity index is 1.09. The standard InChI is InChI=1S/C35H38Cl2FN5O3S/c1-22-40-29-7-2-3-8-30(29)43(22)27-20-25-9-10-26(21-27)42(25)18-15-35(23-5-4-6-24(38)19-23)13-16-41(17-14-35)34(44)32-28(36)11-12-31(33(32)37)47(39,45)46/h2-8,11-12,19,25-27H,9-10,13-18,20-21H2,1H3,(H2,39,45,46)/t25-,26+,27?. The summed E-state index contributed by atoms with van der Waals surface area (Å²) in [5, 5.41) is 5.12. The minimum atomic E-state index is -4.15. The van der Waals surface area contributed by atoms with Crippen molar-refractivity contribution in [2.24, 2.45) is 5.14 Å². The Labute approximate surface area is 284 Å². The molecule has 7 rings (SSSR count). The van der Waals surface area contributed by atoms with Gasteiger partial charge in [-0.25, -0.2) is 22.9 Å². The number of aryl methyl sites for hydroxylation is 1. The van der Waals surface area contributed by atoms with Crippen LogP contribution in [-0.4, -0.2) is 65.4 Å². The second-order valence-corrected chi connectivity index (χ2v) is 15.7. The lowest BCUT2D eigenvalue weighted by atomic mass is 9.70. The number of benzene rings is 3. The van der Waals surface area contributed by atoms with Gasteiger partial charge in [0.1, 0.15) is 16.5 Å². The Kier molecular flexibility index (Phi) is 8.62. The molecule has 3 aromatic carbocycles. The van der Waals surface area contributed by atoms with Gasteiger partial charge in [0.05, 0.1) is 26.6 Å². The number of aromatic nitrogens is 2. The van der Waals surface area contributed by atoms with Gasteiger partial charge in [-0.3, -0.25) is 9.69 Å². The Morgan fingerprint density at radius 3 is 2.38 bits per heavy atom. The number of hydrogen-bond acceptors (Lipinski definition) is 5. The maximum Gasteiger partial charge on any atom is 0.256 e. The molecule has 4 aromatic rings. The number of sulfonamides is 1. The summed E-state index contributed by atoms with van der Waals surface area (Å²) >= 11 is 12.8. The van der Waals surface area contributed by atoms with Gasteiger partial charge in [-0.1, -0.05) is 47.5 Å². The summed E-state index contributed by atoms with van der Waals surface area (Å²) < 4.78 is 41.2. The van der Waals surface area contributed by atoms with Crippen LogP contribution < -0.4 is 5.14 Å². The lowest BCUT2D eigenvalue weighted by Crippen LogP contribution is -2.49. The number of amides is 1. The summed E-state index contributed by atoms with van der Waals surface area (Å²) in [5.74, 6) is 0.345. The number of carbonyl (C=O) groups is 1. The van der Waals surface area contributed by atoms with Gasteiger partial charge in [0.2, 0.25) is 10.0 Å². The highest BCUT2D eigenvalue weighted by Crippen LogP contribution is 2.45. The van der Waals surface area contributed by atoms with Crippen LogP contribution >= 0.6 is 23.2 Å². The second-order valence-electron chi connectivity index (χ2n) is 13.4. The van der Waals surface area contributed by atoms with Crippen molar-refractivity contribution in [3.63, 3.8) is 0 Å². The maximum atomic E-state index is 14.6. The van der Waals surface area contributed by atoms with Crippen LogP contribution in [0, 0.1) is 12.7 Å². The summed E-state index contributed by atoms with van der Waals surface area (Å²) in [5.41, 5.74) is 2.79. The predicted octanol–water partition coefficient (Wildman–Crippen LogP) is 6.87. The third kappa shape index (κ3) is 5.97. The van der Waals surface area contributed by atoms with Crippen LogP contribution in [0.3, 0.4) is 0 Å². The molecular weight excluding hydrogens is 660 g/mol. The molecule has 8 nitrogen and oxygen atoms in total. The topological polar surface area (TPSA) is 102 Å². The number of rotatable bonds is 7. The molecule has 1 unspecified atom stereocenters. The first-order valence-corrected chi connectivity index (χ1v) is 18.5. The largest absolute Gasteiger partial charge is 0.338 e. The van der Waals surface area contributed by atoms with Crippen molar-refractivity contribution < 1.29 is 17.6 Å². The molecule has 3 atom stereocenters. The van der Waals surface area contributed by atoms with Crippen molar-refractivity contribution in [3.8, 4) is 0 Å². The molecule has 0 aliphatic carbocycles. The predicted molar refractivity (Wildman–Crippen MR) is 182 cm³/mol. The van der Waals surface area contributed by atoms with Gasteiger partial charge in [-0.15, -0.1) is 0 Å². The van der Waals surface area contributed by atoms with E-state index in [4.69, 9.17) is 33.3 Å². The van der Waals surface area contributed by atoms with E-state index < -0.39 is 15.9 Å². The van der Waals surface area contributed by atoms with Gasteiger partial charge < -0.3 is 9.47 Å². The molecule has 3 aliphatic rings. The molecule has 0 radical (unpaired) electrons. The van der Waals surface area contributed by atoms with Crippen molar-refractivity contribution >= 4 is 50.2 Å². The number of likely N-dealkylation sites (tertiary alicyclic amines) is 1. The second kappa shape index (κ2) is 12.5. The summed E-state index contributed by atoms with van der Waals surface area (Å²) in [6, 6.07) is 19.1. The quantitative estimate of drug-likeness (QED) is 0.227. The van der Waals surface area contributed by atoms with Crippen LogP contribution in [0.4, 0.5) is 4.39 Å². The lowest BCUT2D eigenvalue weighted by molar-refractivity contribution is 0.0606. The lowest BCUT2D eigenvalue weighted by Gasteiger charge is -2.45. The van der Waals surface area contributed by atoms with Crippen LogP contribution in [0.5, 0.6) is 0 Å². The number of para-hydroxylation sites is 2. The number of hydrogen-bond donors (Lipinski definition) is 1. The first kappa shape index (κ1) is 32.5. The fraction of sp³-hybridized carbons (Fsp3) is 0.429. The zero-order chi connectivity index (χ0) is 33.1. The number of piperidine rings is 2. The van der Waals surface area contributed by atoms with Crippen LogP contribution in [0.2, 0.25) is 10.0 Å². The number of halogens is 3. The Bertz CT molecular complexity index is 1950. The fourth-order valence-corrected chi connectivity index (χ4v) is 10.0. The minimum absolute atomic E-state index is 0.0622. The van der Waals surface area contributed by atoms with Crippen LogP contribution in [0.15, 0.2) is 65.6 Å². The summed E-state index contributed by atoms with van der Waals surface area (Å²) in [7, 11) is -4.15. The number of nitrogens with zero attached hydrogens (tertiary/aromatic N) is 4. The molecule has 12 heteroatoms. The first-order chi connectivity index (χ1) is 22.4. The van der Waals surface area contributed by atoms with E-state index in [0.29, 0.717) is 44.1 Å². The maximum absolute atomic E-state index is 14.6. The zero-order valence-electron chi connectivity index (χ0n) is 26.2. The van der Waals surface area contributed by atoms with Crippen LogP contribution in [-0.2, 0) is 15.4 Å². The molecule has 1 aromatic heterocycles. The van der Waals surface area contributed by atoms with E-state index in [1.807, 2.05) is 12.1 Å². The fourth-order valence-electron chi connectivity index (χ4n) is 8.54.